The fraction of sp³-hybridized carbons (Fsp3) is 0.143. The molecule has 0 aliphatic heterocycles. The molecule has 0 aliphatic carbocycles. The standard InChI is InChI=1S/C14H13N3S/c15-9-14-17-16-13(18-14)8-10-5-6-11-3-1-2-4-12(11)7-10/h1-7H,8-9,15H2. The Morgan fingerprint density at radius 3 is 2.50 bits per heavy atom. The largest absolute Gasteiger partial charge is 0.324 e. The lowest BCUT2D eigenvalue weighted by Crippen LogP contribution is -1.94. The van der Waals surface area contributed by atoms with Crippen LogP contribution in [0.1, 0.15) is 15.6 Å². The molecule has 0 atom stereocenters. The Hall–Kier alpha value is -1.78. The van der Waals surface area contributed by atoms with Gasteiger partial charge in [0.15, 0.2) is 0 Å². The maximum absolute atomic E-state index is 5.54. The first kappa shape index (κ1) is 11.3. The Balaban J connectivity index is 1.90. The summed E-state index contributed by atoms with van der Waals surface area (Å²) in [6, 6.07) is 14.9. The number of hydrogen-bond acceptors (Lipinski definition) is 4. The van der Waals surface area contributed by atoms with Crippen molar-refractivity contribution in [3.05, 3.63) is 58.0 Å². The zero-order chi connectivity index (χ0) is 12.4. The minimum absolute atomic E-state index is 0.468. The van der Waals surface area contributed by atoms with E-state index in [9.17, 15) is 0 Å². The SMILES string of the molecule is NCc1nnc(Cc2ccc3ccccc3c2)s1. The molecule has 0 aliphatic rings. The molecule has 0 bridgehead atoms. The number of benzene rings is 2. The van der Waals surface area contributed by atoms with Crippen LogP contribution in [0.5, 0.6) is 0 Å². The van der Waals surface area contributed by atoms with E-state index in [1.54, 1.807) is 11.3 Å². The first-order chi connectivity index (χ1) is 8.85. The number of nitrogens with two attached hydrogens (primary N) is 1. The van der Waals surface area contributed by atoms with E-state index in [4.69, 9.17) is 5.73 Å². The van der Waals surface area contributed by atoms with Gasteiger partial charge in [-0.05, 0) is 16.3 Å². The molecule has 2 N–H and O–H groups in total. The minimum atomic E-state index is 0.468. The number of nitrogens with zero attached hydrogens (tertiary/aromatic N) is 2. The minimum Gasteiger partial charge on any atom is -0.324 e. The molecule has 3 aromatic rings. The summed E-state index contributed by atoms with van der Waals surface area (Å²) in [4.78, 5) is 0. The van der Waals surface area contributed by atoms with E-state index in [0.717, 1.165) is 16.4 Å². The predicted molar refractivity (Wildman–Crippen MR) is 74.6 cm³/mol. The van der Waals surface area contributed by atoms with Crippen LogP contribution in [0, 0.1) is 0 Å². The molecule has 0 amide bonds. The summed E-state index contributed by atoms with van der Waals surface area (Å²) in [5, 5.41) is 12.6. The van der Waals surface area contributed by atoms with Crippen LogP contribution in [0.2, 0.25) is 0 Å². The van der Waals surface area contributed by atoms with Crippen molar-refractivity contribution in [1.29, 1.82) is 0 Å². The lowest BCUT2D eigenvalue weighted by atomic mass is 10.1. The second-order valence-electron chi connectivity index (χ2n) is 4.15. The number of aromatic nitrogens is 2. The van der Waals surface area contributed by atoms with Gasteiger partial charge in [-0.1, -0.05) is 53.8 Å². The Kier molecular flexibility index (Phi) is 3.04. The van der Waals surface area contributed by atoms with Gasteiger partial charge >= 0.3 is 0 Å². The van der Waals surface area contributed by atoms with Crippen molar-refractivity contribution < 1.29 is 0 Å². The van der Waals surface area contributed by atoms with E-state index in [0.29, 0.717) is 6.54 Å². The molecule has 2 aromatic carbocycles. The van der Waals surface area contributed by atoms with Gasteiger partial charge in [-0.15, -0.1) is 10.2 Å². The fourth-order valence-electron chi connectivity index (χ4n) is 1.97. The third-order valence-corrected chi connectivity index (χ3v) is 3.80. The highest BCUT2D eigenvalue weighted by molar-refractivity contribution is 7.11. The van der Waals surface area contributed by atoms with Crippen LogP contribution >= 0.6 is 11.3 Å². The maximum Gasteiger partial charge on any atom is 0.131 e. The highest BCUT2D eigenvalue weighted by Crippen LogP contribution is 2.19. The normalized spacial score (nSPS) is 10.9. The van der Waals surface area contributed by atoms with Crippen molar-refractivity contribution in [3.8, 4) is 0 Å². The van der Waals surface area contributed by atoms with E-state index in [1.807, 2.05) is 0 Å². The van der Waals surface area contributed by atoms with Crippen molar-refractivity contribution in [3.63, 3.8) is 0 Å². The topological polar surface area (TPSA) is 51.8 Å². The van der Waals surface area contributed by atoms with Crippen LogP contribution in [0.15, 0.2) is 42.5 Å². The molecule has 3 nitrogen and oxygen atoms in total. The van der Waals surface area contributed by atoms with Crippen LogP contribution < -0.4 is 5.73 Å². The zero-order valence-corrected chi connectivity index (χ0v) is 10.7. The number of hydrogen-bond donors (Lipinski definition) is 1. The lowest BCUT2D eigenvalue weighted by molar-refractivity contribution is 0.930. The van der Waals surface area contributed by atoms with Gasteiger partial charge in [-0.3, -0.25) is 0 Å². The van der Waals surface area contributed by atoms with Crippen LogP contribution in [0.3, 0.4) is 0 Å². The highest BCUT2D eigenvalue weighted by atomic mass is 32.1. The lowest BCUT2D eigenvalue weighted by Gasteiger charge is -2.01. The maximum atomic E-state index is 5.54. The Morgan fingerprint density at radius 1 is 0.944 bits per heavy atom. The van der Waals surface area contributed by atoms with Crippen molar-refractivity contribution in [2.75, 3.05) is 0 Å². The van der Waals surface area contributed by atoms with Crippen molar-refractivity contribution >= 4 is 22.1 Å². The first-order valence-electron chi connectivity index (χ1n) is 5.84. The summed E-state index contributed by atoms with van der Waals surface area (Å²) in [6.07, 6.45) is 0.822. The molecule has 0 radical (unpaired) electrons. The molecule has 1 heterocycles. The van der Waals surface area contributed by atoms with Crippen LogP contribution in [0.4, 0.5) is 0 Å². The Morgan fingerprint density at radius 2 is 1.72 bits per heavy atom. The molecule has 18 heavy (non-hydrogen) atoms. The molecule has 3 rings (SSSR count). The molecule has 0 unspecified atom stereocenters. The molecule has 0 spiro atoms. The molecule has 0 fully saturated rings. The summed E-state index contributed by atoms with van der Waals surface area (Å²) >= 11 is 1.59. The van der Waals surface area contributed by atoms with E-state index in [1.165, 1.54) is 16.3 Å². The number of rotatable bonds is 3. The van der Waals surface area contributed by atoms with Gasteiger partial charge in [0.05, 0.1) is 0 Å². The van der Waals surface area contributed by atoms with Gasteiger partial charge in [0.1, 0.15) is 10.0 Å². The molecule has 0 saturated heterocycles. The average molecular weight is 255 g/mol. The monoisotopic (exact) mass is 255 g/mol. The zero-order valence-electron chi connectivity index (χ0n) is 9.84. The van der Waals surface area contributed by atoms with Gasteiger partial charge in [-0.25, -0.2) is 0 Å². The van der Waals surface area contributed by atoms with Gasteiger partial charge < -0.3 is 5.73 Å². The quantitative estimate of drug-likeness (QED) is 0.783. The van der Waals surface area contributed by atoms with Crippen LogP contribution in [-0.4, -0.2) is 10.2 Å². The molecular weight excluding hydrogens is 242 g/mol. The summed E-state index contributed by atoms with van der Waals surface area (Å²) in [5.41, 5.74) is 6.80. The van der Waals surface area contributed by atoms with E-state index in [-0.39, 0.29) is 0 Å². The van der Waals surface area contributed by atoms with Gasteiger partial charge in [0, 0.05) is 13.0 Å². The summed E-state index contributed by atoms with van der Waals surface area (Å²) < 4.78 is 0. The van der Waals surface area contributed by atoms with E-state index >= 15 is 0 Å². The molecule has 1 aromatic heterocycles. The van der Waals surface area contributed by atoms with Crippen LogP contribution in [-0.2, 0) is 13.0 Å². The third kappa shape index (κ3) is 2.25. The highest BCUT2D eigenvalue weighted by Gasteiger charge is 2.04. The molecule has 4 heteroatoms. The number of fused-ring (bicyclic) bond motifs is 1. The molecular formula is C14H13N3S. The fourth-order valence-corrected chi connectivity index (χ4v) is 2.72. The van der Waals surface area contributed by atoms with Gasteiger partial charge in [0.25, 0.3) is 0 Å². The third-order valence-electron chi connectivity index (χ3n) is 2.85. The summed E-state index contributed by atoms with van der Waals surface area (Å²) in [5.74, 6) is 0. The van der Waals surface area contributed by atoms with Crippen molar-refractivity contribution in [2.45, 2.75) is 13.0 Å². The predicted octanol–water partition coefficient (Wildman–Crippen LogP) is 2.74. The summed E-state index contributed by atoms with van der Waals surface area (Å²) in [7, 11) is 0. The van der Waals surface area contributed by atoms with Gasteiger partial charge in [0.2, 0.25) is 0 Å². The molecule has 90 valence electrons. The van der Waals surface area contributed by atoms with Crippen molar-refractivity contribution in [1.82, 2.24) is 10.2 Å². The van der Waals surface area contributed by atoms with Gasteiger partial charge in [-0.2, -0.15) is 0 Å². The van der Waals surface area contributed by atoms with E-state index < -0.39 is 0 Å². The second-order valence-corrected chi connectivity index (χ2v) is 5.30. The Labute approximate surface area is 109 Å². The smallest absolute Gasteiger partial charge is 0.131 e. The Bertz CT molecular complexity index is 675. The molecule has 0 saturated carbocycles. The second kappa shape index (κ2) is 4.84. The van der Waals surface area contributed by atoms with E-state index in [2.05, 4.69) is 52.7 Å². The van der Waals surface area contributed by atoms with Crippen LogP contribution in [0.25, 0.3) is 10.8 Å². The first-order valence-corrected chi connectivity index (χ1v) is 6.66. The van der Waals surface area contributed by atoms with Crippen molar-refractivity contribution in [2.24, 2.45) is 5.73 Å². The average Bonchev–Trinajstić information content (AvgIpc) is 2.86. The summed E-state index contributed by atoms with van der Waals surface area (Å²) in [6.45, 7) is 0.468.